The summed E-state index contributed by atoms with van der Waals surface area (Å²) in [6.45, 7) is 3.67. The maximum atomic E-state index is 13.7. The van der Waals surface area contributed by atoms with Gasteiger partial charge in [0, 0.05) is 5.02 Å². The van der Waals surface area contributed by atoms with Crippen LogP contribution in [0.2, 0.25) is 5.02 Å². The van der Waals surface area contributed by atoms with Gasteiger partial charge in [-0.1, -0.05) is 37.6 Å². The Bertz CT molecular complexity index is 717. The number of amides is 1. The fourth-order valence-electron chi connectivity index (χ4n) is 2.34. The molecule has 1 amide bonds. The minimum absolute atomic E-state index is 0.0930. The van der Waals surface area contributed by atoms with Crippen LogP contribution in [0.15, 0.2) is 36.4 Å². The largest absolute Gasteiger partial charge is 0.323 e. The summed E-state index contributed by atoms with van der Waals surface area (Å²) in [5, 5.41) is 2.85. The minimum atomic E-state index is -1.62. The second-order valence-corrected chi connectivity index (χ2v) is 5.92. The van der Waals surface area contributed by atoms with E-state index in [1.54, 1.807) is 24.3 Å². The molecule has 0 radical (unpaired) electrons. The molecular weight excluding hydrogens is 327 g/mol. The summed E-state index contributed by atoms with van der Waals surface area (Å²) in [7, 11) is 0. The number of hydrogen-bond acceptors (Lipinski definition) is 1. The molecule has 0 aromatic heterocycles. The number of carbonyl (C=O) groups is 1. The maximum absolute atomic E-state index is 13.7. The molecule has 0 spiro atoms. The molecule has 0 bridgehead atoms. The van der Waals surface area contributed by atoms with Crippen molar-refractivity contribution in [1.82, 2.24) is 0 Å². The lowest BCUT2D eigenvalue weighted by molar-refractivity contribution is -0.118. The Morgan fingerprint density at radius 2 is 1.61 bits per heavy atom. The van der Waals surface area contributed by atoms with Gasteiger partial charge in [0.15, 0.2) is 17.5 Å². The Morgan fingerprint density at radius 1 is 1.00 bits per heavy atom. The van der Waals surface area contributed by atoms with Crippen molar-refractivity contribution in [2.24, 2.45) is 5.92 Å². The van der Waals surface area contributed by atoms with Crippen LogP contribution in [0.5, 0.6) is 0 Å². The normalized spacial score (nSPS) is 12.3. The minimum Gasteiger partial charge on any atom is -0.323 e. The molecule has 2 aromatic carbocycles. The van der Waals surface area contributed by atoms with Crippen molar-refractivity contribution in [2.45, 2.75) is 19.8 Å². The van der Waals surface area contributed by atoms with Crippen LogP contribution in [0.25, 0.3) is 0 Å². The number of benzene rings is 2. The van der Waals surface area contributed by atoms with Gasteiger partial charge >= 0.3 is 0 Å². The molecule has 1 atom stereocenters. The molecule has 0 saturated heterocycles. The third-order valence-corrected chi connectivity index (χ3v) is 3.72. The highest BCUT2D eigenvalue weighted by atomic mass is 35.5. The molecule has 2 nitrogen and oxygen atoms in total. The van der Waals surface area contributed by atoms with Gasteiger partial charge in [-0.3, -0.25) is 4.79 Å². The average molecular weight is 342 g/mol. The van der Waals surface area contributed by atoms with Crippen molar-refractivity contribution < 1.29 is 18.0 Å². The molecule has 2 rings (SSSR count). The van der Waals surface area contributed by atoms with Crippen LogP contribution in [0.3, 0.4) is 0 Å². The number of hydrogen-bond donors (Lipinski definition) is 1. The molecule has 0 aliphatic rings. The molecule has 0 heterocycles. The van der Waals surface area contributed by atoms with Gasteiger partial charge in [0.2, 0.25) is 5.91 Å². The molecule has 0 aliphatic heterocycles. The van der Waals surface area contributed by atoms with E-state index < -0.39 is 35.0 Å². The van der Waals surface area contributed by atoms with Crippen LogP contribution in [-0.2, 0) is 4.79 Å². The van der Waals surface area contributed by atoms with Gasteiger partial charge in [0.25, 0.3) is 0 Å². The van der Waals surface area contributed by atoms with Crippen LogP contribution >= 0.6 is 11.6 Å². The van der Waals surface area contributed by atoms with Gasteiger partial charge in [0.1, 0.15) is 0 Å². The number of halogens is 4. The summed E-state index contributed by atoms with van der Waals surface area (Å²) >= 11 is 5.83. The van der Waals surface area contributed by atoms with Crippen molar-refractivity contribution in [2.75, 3.05) is 5.32 Å². The van der Waals surface area contributed by atoms with Crippen molar-refractivity contribution in [3.05, 3.63) is 64.4 Å². The van der Waals surface area contributed by atoms with Crippen LogP contribution in [0.1, 0.15) is 25.3 Å². The summed E-state index contributed by atoms with van der Waals surface area (Å²) in [6, 6.07) is 8.46. The van der Waals surface area contributed by atoms with E-state index >= 15 is 0 Å². The van der Waals surface area contributed by atoms with Crippen molar-refractivity contribution in [1.29, 1.82) is 0 Å². The molecule has 6 heteroatoms. The molecule has 0 saturated carbocycles. The van der Waals surface area contributed by atoms with Crippen molar-refractivity contribution in [3.63, 3.8) is 0 Å². The third-order valence-electron chi connectivity index (χ3n) is 3.47. The first kappa shape index (κ1) is 17.3. The second kappa shape index (κ2) is 7.04. The highest BCUT2D eigenvalue weighted by molar-refractivity contribution is 6.30. The maximum Gasteiger partial charge on any atom is 0.232 e. The first-order chi connectivity index (χ1) is 10.8. The van der Waals surface area contributed by atoms with Crippen LogP contribution in [0, 0.1) is 23.4 Å². The predicted molar refractivity (Wildman–Crippen MR) is 84.0 cm³/mol. The van der Waals surface area contributed by atoms with Gasteiger partial charge in [-0.05, 0) is 35.7 Å². The Morgan fingerprint density at radius 3 is 2.17 bits per heavy atom. The summed E-state index contributed by atoms with van der Waals surface area (Å²) in [5.74, 6) is -5.53. The quantitative estimate of drug-likeness (QED) is 0.767. The van der Waals surface area contributed by atoms with Gasteiger partial charge < -0.3 is 5.32 Å². The summed E-state index contributed by atoms with van der Waals surface area (Å²) in [4.78, 5) is 12.5. The smallest absolute Gasteiger partial charge is 0.232 e. The van der Waals surface area contributed by atoms with Crippen molar-refractivity contribution in [3.8, 4) is 0 Å². The Kier molecular flexibility index (Phi) is 5.31. The van der Waals surface area contributed by atoms with E-state index in [1.807, 2.05) is 13.8 Å². The first-order valence-electron chi connectivity index (χ1n) is 7.01. The molecular formula is C17H15ClF3NO. The summed E-state index contributed by atoms with van der Waals surface area (Å²) in [5.41, 5.74) is 0.304. The fourth-order valence-corrected chi connectivity index (χ4v) is 2.47. The van der Waals surface area contributed by atoms with E-state index in [4.69, 9.17) is 11.6 Å². The Hall–Kier alpha value is -2.01. The first-order valence-corrected chi connectivity index (χ1v) is 7.39. The standard InChI is InChI=1S/C17H15ClF3NO/c1-9(2)14(10-3-5-11(18)6-4-10)17(23)22-13-8-7-12(19)15(20)16(13)21/h3-9,14H,1-2H3,(H,22,23)/t14-/m0/s1. The molecule has 0 fully saturated rings. The lowest BCUT2D eigenvalue weighted by Gasteiger charge is -2.21. The van der Waals surface area contributed by atoms with Crippen LogP contribution < -0.4 is 5.32 Å². The Labute approximate surface area is 137 Å². The topological polar surface area (TPSA) is 29.1 Å². The SMILES string of the molecule is CC(C)[C@H](C(=O)Nc1ccc(F)c(F)c1F)c1ccc(Cl)cc1. The number of nitrogens with one attached hydrogen (secondary N) is 1. The zero-order valence-corrected chi connectivity index (χ0v) is 13.3. The lowest BCUT2D eigenvalue weighted by Crippen LogP contribution is -2.25. The van der Waals surface area contributed by atoms with E-state index in [-0.39, 0.29) is 5.92 Å². The number of rotatable bonds is 4. The van der Waals surface area contributed by atoms with E-state index in [0.29, 0.717) is 10.6 Å². The number of anilines is 1. The molecule has 122 valence electrons. The fraction of sp³-hybridized carbons (Fsp3) is 0.235. The van der Waals surface area contributed by atoms with Crippen LogP contribution in [0.4, 0.5) is 18.9 Å². The molecule has 0 unspecified atom stereocenters. The third kappa shape index (κ3) is 3.85. The molecule has 2 aromatic rings. The number of carbonyl (C=O) groups excluding carboxylic acids is 1. The van der Waals surface area contributed by atoms with E-state index in [0.717, 1.165) is 12.1 Å². The van der Waals surface area contributed by atoms with E-state index in [1.165, 1.54) is 0 Å². The highest BCUT2D eigenvalue weighted by Gasteiger charge is 2.26. The van der Waals surface area contributed by atoms with Crippen LogP contribution in [-0.4, -0.2) is 5.91 Å². The Balaban J connectivity index is 2.29. The average Bonchev–Trinajstić information content (AvgIpc) is 2.50. The van der Waals surface area contributed by atoms with Gasteiger partial charge in [-0.2, -0.15) is 0 Å². The van der Waals surface area contributed by atoms with E-state index in [2.05, 4.69) is 5.32 Å². The monoisotopic (exact) mass is 341 g/mol. The van der Waals surface area contributed by atoms with Crippen molar-refractivity contribution >= 4 is 23.2 Å². The molecule has 23 heavy (non-hydrogen) atoms. The lowest BCUT2D eigenvalue weighted by atomic mass is 9.87. The zero-order chi connectivity index (χ0) is 17.1. The predicted octanol–water partition coefficient (Wildman–Crippen LogP) is 5.14. The van der Waals surface area contributed by atoms with Gasteiger partial charge in [-0.25, -0.2) is 13.2 Å². The second-order valence-electron chi connectivity index (χ2n) is 5.49. The van der Waals surface area contributed by atoms with E-state index in [9.17, 15) is 18.0 Å². The molecule has 1 N–H and O–H groups in total. The van der Waals surface area contributed by atoms with Gasteiger partial charge in [-0.15, -0.1) is 0 Å². The molecule has 0 aliphatic carbocycles. The highest BCUT2D eigenvalue weighted by Crippen LogP contribution is 2.28. The summed E-state index contributed by atoms with van der Waals surface area (Å²) < 4.78 is 39.9. The summed E-state index contributed by atoms with van der Waals surface area (Å²) in [6.07, 6.45) is 0. The van der Waals surface area contributed by atoms with Gasteiger partial charge in [0.05, 0.1) is 11.6 Å². The zero-order valence-electron chi connectivity index (χ0n) is 12.5.